The molecule has 0 aliphatic heterocycles. The Labute approximate surface area is 136 Å². The second-order valence-corrected chi connectivity index (χ2v) is 5.45. The van der Waals surface area contributed by atoms with Crippen LogP contribution in [-0.2, 0) is 0 Å². The van der Waals surface area contributed by atoms with Crippen LogP contribution in [0.15, 0.2) is 4.99 Å². The van der Waals surface area contributed by atoms with E-state index in [2.05, 4.69) is 48.1 Å². The van der Waals surface area contributed by atoms with Crippen LogP contribution in [0, 0.1) is 0 Å². The molecule has 1 atom stereocenters. The van der Waals surface area contributed by atoms with Crippen LogP contribution in [-0.4, -0.2) is 62.1 Å². The van der Waals surface area contributed by atoms with Gasteiger partial charge in [-0.3, -0.25) is 9.89 Å². The van der Waals surface area contributed by atoms with E-state index in [1.54, 1.807) is 0 Å². The molecule has 0 aromatic heterocycles. The lowest BCUT2D eigenvalue weighted by molar-refractivity contribution is 0.246. The second kappa shape index (κ2) is 9.80. The van der Waals surface area contributed by atoms with Crippen molar-refractivity contribution in [2.45, 2.75) is 51.6 Å². The number of hydrogen-bond donors (Lipinski definition) is 1. The van der Waals surface area contributed by atoms with Crippen LogP contribution in [0.4, 0.5) is 0 Å². The molecule has 1 saturated carbocycles. The van der Waals surface area contributed by atoms with Crippen molar-refractivity contribution in [2.24, 2.45) is 4.99 Å². The summed E-state index contributed by atoms with van der Waals surface area (Å²) in [7, 11) is 6.20. The molecule has 0 heterocycles. The molecule has 4 nitrogen and oxygen atoms in total. The zero-order valence-electron chi connectivity index (χ0n) is 13.1. The Morgan fingerprint density at radius 3 is 2.47 bits per heavy atom. The van der Waals surface area contributed by atoms with Crippen molar-refractivity contribution < 1.29 is 0 Å². The van der Waals surface area contributed by atoms with Crippen molar-refractivity contribution >= 4 is 29.9 Å². The highest BCUT2D eigenvalue weighted by Crippen LogP contribution is 2.26. The van der Waals surface area contributed by atoms with Crippen LogP contribution >= 0.6 is 24.0 Å². The quantitative estimate of drug-likeness (QED) is 0.417. The summed E-state index contributed by atoms with van der Waals surface area (Å²) in [5.41, 5.74) is 0. The first-order valence-electron chi connectivity index (χ1n) is 7.23. The van der Waals surface area contributed by atoms with Crippen LogP contribution in [0.25, 0.3) is 0 Å². The maximum Gasteiger partial charge on any atom is 0.193 e. The van der Waals surface area contributed by atoms with Crippen molar-refractivity contribution in [1.29, 1.82) is 0 Å². The lowest BCUT2D eigenvalue weighted by atomic mass is 10.3. The third-order valence-corrected chi connectivity index (χ3v) is 3.79. The number of nitrogens with zero attached hydrogens (tertiary/aromatic N) is 3. The van der Waals surface area contributed by atoms with E-state index in [9.17, 15) is 0 Å². The maximum absolute atomic E-state index is 4.35. The fourth-order valence-electron chi connectivity index (χ4n) is 2.11. The van der Waals surface area contributed by atoms with Gasteiger partial charge >= 0.3 is 0 Å². The predicted molar refractivity (Wildman–Crippen MR) is 94.6 cm³/mol. The molecule has 1 rings (SSSR count). The summed E-state index contributed by atoms with van der Waals surface area (Å²) in [5.74, 6) is 1.01. The molecule has 1 fully saturated rings. The Kier molecular flexibility index (Phi) is 9.78. The molecule has 114 valence electrons. The Hall–Kier alpha value is -0.0400. The Morgan fingerprint density at radius 2 is 2.00 bits per heavy atom. The van der Waals surface area contributed by atoms with Gasteiger partial charge in [-0.1, -0.05) is 13.3 Å². The molecule has 1 aliphatic rings. The van der Waals surface area contributed by atoms with E-state index in [4.69, 9.17) is 0 Å². The number of aliphatic imine (C=N–C) groups is 1. The largest absolute Gasteiger partial charge is 0.355 e. The highest BCUT2D eigenvalue weighted by atomic mass is 127. The highest BCUT2D eigenvalue weighted by Gasteiger charge is 2.29. The number of rotatable bonds is 7. The molecule has 5 heteroatoms. The molecule has 19 heavy (non-hydrogen) atoms. The predicted octanol–water partition coefficient (Wildman–Crippen LogP) is 2.39. The van der Waals surface area contributed by atoms with Crippen LogP contribution < -0.4 is 5.32 Å². The topological polar surface area (TPSA) is 30.9 Å². The minimum atomic E-state index is 0. The van der Waals surface area contributed by atoms with Gasteiger partial charge in [-0.15, -0.1) is 24.0 Å². The molecule has 0 spiro atoms. The molecular weight excluding hydrogens is 351 g/mol. The third kappa shape index (κ3) is 6.79. The van der Waals surface area contributed by atoms with Crippen LogP contribution in [0.3, 0.4) is 0 Å². The van der Waals surface area contributed by atoms with Gasteiger partial charge < -0.3 is 10.2 Å². The summed E-state index contributed by atoms with van der Waals surface area (Å²) in [6, 6.07) is 1.38. The molecule has 0 aromatic carbocycles. The average Bonchev–Trinajstić information content (AvgIpc) is 3.19. The fourth-order valence-corrected chi connectivity index (χ4v) is 2.11. The van der Waals surface area contributed by atoms with E-state index < -0.39 is 0 Å². The number of nitrogens with one attached hydrogen (secondary N) is 1. The number of halogens is 1. The zero-order chi connectivity index (χ0) is 13.5. The Morgan fingerprint density at radius 1 is 1.37 bits per heavy atom. The summed E-state index contributed by atoms with van der Waals surface area (Å²) < 4.78 is 0. The van der Waals surface area contributed by atoms with E-state index in [-0.39, 0.29) is 24.0 Å². The van der Waals surface area contributed by atoms with Gasteiger partial charge in [-0.25, -0.2) is 0 Å². The van der Waals surface area contributed by atoms with Crippen LogP contribution in [0.2, 0.25) is 0 Å². The van der Waals surface area contributed by atoms with Gasteiger partial charge in [0.2, 0.25) is 0 Å². The molecule has 1 N–H and O–H groups in total. The van der Waals surface area contributed by atoms with E-state index in [1.807, 2.05) is 7.05 Å². The standard InChI is InChI=1S/C14H30N4.HI/c1-6-7-10-17(4)14(15-3)16-11-12(2)18(5)13-8-9-13;/h12-13H,6-11H2,1-5H3,(H,15,16);1H. The van der Waals surface area contributed by atoms with Crippen molar-refractivity contribution in [3.05, 3.63) is 0 Å². The normalized spacial score (nSPS) is 17.1. The van der Waals surface area contributed by atoms with Crippen LogP contribution in [0.5, 0.6) is 0 Å². The first-order chi connectivity index (χ1) is 8.60. The molecule has 0 radical (unpaired) electrons. The summed E-state index contributed by atoms with van der Waals surface area (Å²) in [4.78, 5) is 9.04. The molecule has 0 bridgehead atoms. The Bertz CT molecular complexity index is 266. The molecule has 0 aromatic rings. The summed E-state index contributed by atoms with van der Waals surface area (Å²) >= 11 is 0. The van der Waals surface area contributed by atoms with Crippen molar-refractivity contribution in [1.82, 2.24) is 15.1 Å². The van der Waals surface area contributed by atoms with Crippen LogP contribution in [0.1, 0.15) is 39.5 Å². The zero-order valence-corrected chi connectivity index (χ0v) is 15.5. The summed E-state index contributed by atoms with van der Waals surface area (Å²) in [6.45, 7) is 6.54. The lowest BCUT2D eigenvalue weighted by Gasteiger charge is -2.28. The first kappa shape index (κ1) is 19.0. The number of likely N-dealkylation sites (N-methyl/N-ethyl adjacent to an activating group) is 1. The van der Waals surface area contributed by atoms with Gasteiger partial charge in [0.25, 0.3) is 0 Å². The summed E-state index contributed by atoms with van der Waals surface area (Å²) in [5, 5.41) is 3.48. The molecule has 1 aliphatic carbocycles. The van der Waals surface area contributed by atoms with E-state index in [1.165, 1.54) is 25.7 Å². The van der Waals surface area contributed by atoms with Gasteiger partial charge in [0.1, 0.15) is 0 Å². The SMILES string of the molecule is CCCCN(C)C(=NC)NCC(C)N(C)C1CC1.I. The van der Waals surface area contributed by atoms with Gasteiger partial charge in [-0.05, 0) is 33.2 Å². The smallest absolute Gasteiger partial charge is 0.193 e. The molecule has 0 saturated heterocycles. The maximum atomic E-state index is 4.35. The van der Waals surface area contributed by atoms with Crippen molar-refractivity contribution in [3.63, 3.8) is 0 Å². The first-order valence-corrected chi connectivity index (χ1v) is 7.23. The van der Waals surface area contributed by atoms with Gasteiger partial charge in [0.05, 0.1) is 0 Å². The second-order valence-electron chi connectivity index (χ2n) is 5.45. The highest BCUT2D eigenvalue weighted by molar-refractivity contribution is 14.0. The fraction of sp³-hybridized carbons (Fsp3) is 0.929. The minimum Gasteiger partial charge on any atom is -0.355 e. The monoisotopic (exact) mass is 382 g/mol. The summed E-state index contributed by atoms with van der Waals surface area (Å²) in [6.07, 6.45) is 5.18. The van der Waals surface area contributed by atoms with Gasteiger partial charge in [-0.2, -0.15) is 0 Å². The number of guanidine groups is 1. The van der Waals surface area contributed by atoms with E-state index in [0.29, 0.717) is 6.04 Å². The van der Waals surface area contributed by atoms with Crippen molar-refractivity contribution in [3.8, 4) is 0 Å². The number of unbranched alkanes of at least 4 members (excludes halogenated alkanes) is 1. The van der Waals surface area contributed by atoms with Gasteiger partial charge in [0.15, 0.2) is 5.96 Å². The lowest BCUT2D eigenvalue weighted by Crippen LogP contribution is -2.46. The van der Waals surface area contributed by atoms with Gasteiger partial charge in [0, 0.05) is 39.3 Å². The minimum absolute atomic E-state index is 0. The molecule has 1 unspecified atom stereocenters. The van der Waals surface area contributed by atoms with Crippen molar-refractivity contribution in [2.75, 3.05) is 34.2 Å². The van der Waals surface area contributed by atoms with E-state index in [0.717, 1.165) is 25.1 Å². The molecular formula is C14H31IN4. The Balaban J connectivity index is 0.00000324. The number of hydrogen-bond acceptors (Lipinski definition) is 2. The van der Waals surface area contributed by atoms with E-state index >= 15 is 0 Å². The third-order valence-electron chi connectivity index (χ3n) is 3.79. The average molecular weight is 382 g/mol. The molecule has 0 amide bonds.